The van der Waals surface area contributed by atoms with Gasteiger partial charge in [0.05, 0.1) is 0 Å². The van der Waals surface area contributed by atoms with Crippen molar-refractivity contribution in [1.29, 1.82) is 0 Å². The van der Waals surface area contributed by atoms with E-state index in [0.717, 1.165) is 37.2 Å². The van der Waals surface area contributed by atoms with Gasteiger partial charge >= 0.3 is 0 Å². The number of amides is 1. The summed E-state index contributed by atoms with van der Waals surface area (Å²) in [5.41, 5.74) is 2.48. The average molecular weight is 288 g/mol. The summed E-state index contributed by atoms with van der Waals surface area (Å²) in [5, 5.41) is 6.45. The first-order valence-corrected chi connectivity index (χ1v) is 8.10. The van der Waals surface area contributed by atoms with E-state index in [9.17, 15) is 4.79 Å². The lowest BCUT2D eigenvalue weighted by atomic mass is 9.95. The van der Waals surface area contributed by atoms with Crippen molar-refractivity contribution in [2.24, 2.45) is 0 Å². The standard InChI is InChI=1S/C17H24N2O2/c20-17(19-14-6-2-1-3-7-14)12-21-15-9-8-13-5-4-10-18-16(13)11-15/h8-9,11,14,18H,1-7,10,12H2,(H,19,20). The van der Waals surface area contributed by atoms with E-state index < -0.39 is 0 Å². The number of hydrogen-bond acceptors (Lipinski definition) is 3. The molecule has 1 fully saturated rings. The monoisotopic (exact) mass is 288 g/mol. The lowest BCUT2D eigenvalue weighted by Gasteiger charge is -2.23. The van der Waals surface area contributed by atoms with Gasteiger partial charge in [-0.05, 0) is 37.3 Å². The number of carbonyl (C=O) groups excluding carboxylic acids is 1. The van der Waals surface area contributed by atoms with Gasteiger partial charge in [0.15, 0.2) is 6.61 Å². The summed E-state index contributed by atoms with van der Waals surface area (Å²) in [6.45, 7) is 1.12. The summed E-state index contributed by atoms with van der Waals surface area (Å²) in [4.78, 5) is 11.9. The third-order valence-corrected chi connectivity index (χ3v) is 4.36. The van der Waals surface area contributed by atoms with Gasteiger partial charge in [-0.15, -0.1) is 0 Å². The van der Waals surface area contributed by atoms with Crippen molar-refractivity contribution in [3.05, 3.63) is 23.8 Å². The van der Waals surface area contributed by atoms with E-state index in [1.54, 1.807) is 0 Å². The van der Waals surface area contributed by atoms with E-state index in [1.807, 2.05) is 12.1 Å². The third-order valence-electron chi connectivity index (χ3n) is 4.36. The lowest BCUT2D eigenvalue weighted by molar-refractivity contribution is -0.124. The molecule has 0 spiro atoms. The Morgan fingerprint density at radius 1 is 1.24 bits per heavy atom. The molecule has 1 aromatic rings. The maximum atomic E-state index is 11.9. The van der Waals surface area contributed by atoms with Crippen LogP contribution in [0.5, 0.6) is 5.75 Å². The van der Waals surface area contributed by atoms with Gasteiger partial charge in [0.2, 0.25) is 0 Å². The molecule has 1 heterocycles. The molecule has 4 heteroatoms. The van der Waals surface area contributed by atoms with Crippen LogP contribution in [0, 0.1) is 0 Å². The smallest absolute Gasteiger partial charge is 0.258 e. The second kappa shape index (κ2) is 6.83. The van der Waals surface area contributed by atoms with E-state index in [2.05, 4.69) is 16.7 Å². The molecular formula is C17H24N2O2. The maximum Gasteiger partial charge on any atom is 0.258 e. The fourth-order valence-corrected chi connectivity index (χ4v) is 3.19. The van der Waals surface area contributed by atoms with E-state index >= 15 is 0 Å². The van der Waals surface area contributed by atoms with Crippen LogP contribution in [0.15, 0.2) is 18.2 Å². The van der Waals surface area contributed by atoms with Crippen LogP contribution in [0.3, 0.4) is 0 Å². The summed E-state index contributed by atoms with van der Waals surface area (Å²) in [6.07, 6.45) is 8.25. The van der Waals surface area contributed by atoms with E-state index in [1.165, 1.54) is 31.2 Å². The van der Waals surface area contributed by atoms with Crippen molar-refractivity contribution in [3.8, 4) is 5.75 Å². The minimum absolute atomic E-state index is 0.00687. The molecule has 0 aromatic heterocycles. The molecule has 0 unspecified atom stereocenters. The molecule has 1 saturated carbocycles. The van der Waals surface area contributed by atoms with Crippen LogP contribution in [-0.4, -0.2) is 25.1 Å². The number of rotatable bonds is 4. The van der Waals surface area contributed by atoms with Crippen LogP contribution < -0.4 is 15.4 Å². The largest absolute Gasteiger partial charge is 0.484 e. The first kappa shape index (κ1) is 14.2. The number of carbonyl (C=O) groups is 1. The molecule has 1 aliphatic heterocycles. The summed E-state index contributed by atoms with van der Waals surface area (Å²) in [7, 11) is 0. The summed E-state index contributed by atoms with van der Waals surface area (Å²) < 4.78 is 5.62. The highest BCUT2D eigenvalue weighted by Crippen LogP contribution is 2.26. The van der Waals surface area contributed by atoms with Gasteiger partial charge in [0, 0.05) is 24.3 Å². The van der Waals surface area contributed by atoms with Gasteiger partial charge in [-0.1, -0.05) is 25.3 Å². The second-order valence-electron chi connectivity index (χ2n) is 6.04. The first-order valence-electron chi connectivity index (χ1n) is 8.10. The number of ether oxygens (including phenoxy) is 1. The van der Waals surface area contributed by atoms with Gasteiger partial charge in [-0.3, -0.25) is 4.79 Å². The molecule has 0 atom stereocenters. The van der Waals surface area contributed by atoms with Gasteiger partial charge in [0.1, 0.15) is 5.75 Å². The Balaban J connectivity index is 1.49. The van der Waals surface area contributed by atoms with Gasteiger partial charge in [0.25, 0.3) is 5.91 Å². The van der Waals surface area contributed by atoms with Crippen LogP contribution in [0.25, 0.3) is 0 Å². The normalized spacial score (nSPS) is 18.5. The van der Waals surface area contributed by atoms with Crippen molar-refractivity contribution in [1.82, 2.24) is 5.32 Å². The van der Waals surface area contributed by atoms with Crippen molar-refractivity contribution in [2.45, 2.75) is 51.0 Å². The molecule has 2 N–H and O–H groups in total. The summed E-state index contributed by atoms with van der Waals surface area (Å²) in [6, 6.07) is 6.40. The van der Waals surface area contributed by atoms with Crippen molar-refractivity contribution < 1.29 is 9.53 Å². The number of nitrogens with one attached hydrogen (secondary N) is 2. The van der Waals surface area contributed by atoms with Crippen LogP contribution in [0.2, 0.25) is 0 Å². The molecule has 2 aliphatic rings. The zero-order chi connectivity index (χ0) is 14.5. The summed E-state index contributed by atoms with van der Waals surface area (Å²) in [5.74, 6) is 0.759. The zero-order valence-electron chi connectivity index (χ0n) is 12.5. The average Bonchev–Trinajstić information content (AvgIpc) is 2.54. The Bertz CT molecular complexity index is 496. The predicted octanol–water partition coefficient (Wildman–Crippen LogP) is 2.87. The number of anilines is 1. The molecule has 1 amide bonds. The molecule has 21 heavy (non-hydrogen) atoms. The Hall–Kier alpha value is -1.71. The molecule has 1 aromatic carbocycles. The molecular weight excluding hydrogens is 264 g/mol. The number of aryl methyl sites for hydroxylation is 1. The van der Waals surface area contributed by atoms with E-state index in [4.69, 9.17) is 4.74 Å². The Kier molecular flexibility index (Phi) is 4.63. The second-order valence-corrected chi connectivity index (χ2v) is 6.04. The highest BCUT2D eigenvalue weighted by Gasteiger charge is 2.16. The molecule has 114 valence electrons. The molecule has 0 saturated heterocycles. The highest BCUT2D eigenvalue weighted by atomic mass is 16.5. The van der Waals surface area contributed by atoms with Gasteiger partial charge in [-0.2, -0.15) is 0 Å². The Labute approximate surface area is 126 Å². The molecule has 1 aliphatic carbocycles. The van der Waals surface area contributed by atoms with E-state index in [0.29, 0.717) is 6.04 Å². The predicted molar refractivity (Wildman–Crippen MR) is 83.8 cm³/mol. The molecule has 4 nitrogen and oxygen atoms in total. The topological polar surface area (TPSA) is 50.4 Å². The zero-order valence-corrected chi connectivity index (χ0v) is 12.5. The van der Waals surface area contributed by atoms with Crippen LogP contribution >= 0.6 is 0 Å². The molecule has 0 bridgehead atoms. The fraction of sp³-hybridized carbons (Fsp3) is 0.588. The van der Waals surface area contributed by atoms with Crippen LogP contribution in [0.4, 0.5) is 5.69 Å². The van der Waals surface area contributed by atoms with Crippen molar-refractivity contribution >= 4 is 11.6 Å². The molecule has 3 rings (SSSR count). The SMILES string of the molecule is O=C(COc1ccc2c(c1)NCCC2)NC1CCCCC1. The Morgan fingerprint density at radius 2 is 2.10 bits per heavy atom. The minimum atomic E-state index is -0.00687. The first-order chi connectivity index (χ1) is 10.3. The lowest BCUT2D eigenvalue weighted by Crippen LogP contribution is -2.38. The number of hydrogen-bond donors (Lipinski definition) is 2. The van der Waals surface area contributed by atoms with Crippen LogP contribution in [0.1, 0.15) is 44.1 Å². The highest BCUT2D eigenvalue weighted by molar-refractivity contribution is 5.77. The van der Waals surface area contributed by atoms with E-state index in [-0.39, 0.29) is 12.5 Å². The quantitative estimate of drug-likeness (QED) is 0.895. The Morgan fingerprint density at radius 3 is 2.95 bits per heavy atom. The van der Waals surface area contributed by atoms with Gasteiger partial charge < -0.3 is 15.4 Å². The summed E-state index contributed by atoms with van der Waals surface area (Å²) >= 11 is 0. The minimum Gasteiger partial charge on any atom is -0.484 e. The maximum absolute atomic E-state index is 11.9. The molecule has 0 radical (unpaired) electrons. The van der Waals surface area contributed by atoms with Crippen LogP contribution in [-0.2, 0) is 11.2 Å². The van der Waals surface area contributed by atoms with Crippen molar-refractivity contribution in [2.75, 3.05) is 18.5 Å². The number of fused-ring (bicyclic) bond motifs is 1. The number of benzene rings is 1. The van der Waals surface area contributed by atoms with Crippen molar-refractivity contribution in [3.63, 3.8) is 0 Å². The third kappa shape index (κ3) is 3.90. The van der Waals surface area contributed by atoms with Gasteiger partial charge in [-0.25, -0.2) is 0 Å². The fourth-order valence-electron chi connectivity index (χ4n) is 3.19.